The van der Waals surface area contributed by atoms with Crippen molar-refractivity contribution in [2.75, 3.05) is 63.5 Å². The summed E-state index contributed by atoms with van der Waals surface area (Å²) in [7, 11) is 3.16. The number of benzene rings is 2. The maximum atomic E-state index is 9.85. The van der Waals surface area contributed by atoms with Gasteiger partial charge in [0, 0.05) is 44.6 Å². The Morgan fingerprint density at radius 3 is 2.33 bits per heavy atom. The number of hydrogen-bond donors (Lipinski definition) is 4. The molecular weight excluding hydrogens is 506 g/mol. The van der Waals surface area contributed by atoms with Crippen molar-refractivity contribution in [3.05, 3.63) is 60.2 Å². The molecule has 3 aromatic rings. The Balaban J connectivity index is 1.66. The van der Waals surface area contributed by atoms with Crippen LogP contribution in [0.25, 0.3) is 11.3 Å². The molecule has 0 amide bonds. The number of aliphatic hydroxyl groups excluding tert-OH is 2. The molecule has 4 rings (SSSR count). The SMILES string of the molecule is COCO[C@H]1CN(c2ccc(OCc3ccccc3)c(-c3cc(NC(O)CO)nc(N)n3)c2)C[C@@H]1OCOC. The lowest BCUT2D eigenvalue weighted by molar-refractivity contribution is -0.139. The Labute approximate surface area is 227 Å². The molecule has 0 spiro atoms. The summed E-state index contributed by atoms with van der Waals surface area (Å²) >= 11 is 0. The molecule has 12 heteroatoms. The average molecular weight is 542 g/mol. The van der Waals surface area contributed by atoms with Crippen LogP contribution >= 0.6 is 0 Å². The van der Waals surface area contributed by atoms with Crippen LogP contribution in [0.5, 0.6) is 5.75 Å². The topological polar surface area (TPSA) is 154 Å². The monoisotopic (exact) mass is 541 g/mol. The van der Waals surface area contributed by atoms with Crippen LogP contribution in [0, 0.1) is 0 Å². The van der Waals surface area contributed by atoms with E-state index in [2.05, 4.69) is 20.2 Å². The van der Waals surface area contributed by atoms with E-state index in [-0.39, 0.29) is 37.6 Å². The zero-order valence-electron chi connectivity index (χ0n) is 22.0. The minimum Gasteiger partial charge on any atom is -0.488 e. The van der Waals surface area contributed by atoms with Crippen LogP contribution < -0.4 is 20.7 Å². The molecule has 5 N–H and O–H groups in total. The van der Waals surface area contributed by atoms with Gasteiger partial charge in [0.15, 0.2) is 0 Å². The molecular formula is C27H35N5O7. The van der Waals surface area contributed by atoms with Gasteiger partial charge in [-0.1, -0.05) is 30.3 Å². The summed E-state index contributed by atoms with van der Waals surface area (Å²) in [5, 5.41) is 21.8. The highest BCUT2D eigenvalue weighted by Crippen LogP contribution is 2.36. The molecule has 2 aromatic carbocycles. The number of nitrogens with two attached hydrogens (primary N) is 1. The van der Waals surface area contributed by atoms with E-state index in [1.807, 2.05) is 48.5 Å². The number of rotatable bonds is 14. The Morgan fingerprint density at radius 1 is 1.00 bits per heavy atom. The maximum absolute atomic E-state index is 9.85. The van der Waals surface area contributed by atoms with Crippen molar-refractivity contribution >= 4 is 17.5 Å². The first-order chi connectivity index (χ1) is 19.0. The molecule has 0 bridgehead atoms. The van der Waals surface area contributed by atoms with Crippen molar-refractivity contribution in [1.29, 1.82) is 0 Å². The van der Waals surface area contributed by atoms with Gasteiger partial charge in [0.25, 0.3) is 0 Å². The number of hydrogen-bond acceptors (Lipinski definition) is 12. The maximum Gasteiger partial charge on any atom is 0.222 e. The summed E-state index contributed by atoms with van der Waals surface area (Å²) in [6, 6.07) is 17.3. The van der Waals surface area contributed by atoms with Gasteiger partial charge in [-0.25, -0.2) is 4.98 Å². The van der Waals surface area contributed by atoms with E-state index in [1.54, 1.807) is 20.3 Å². The number of methoxy groups -OCH3 is 2. The molecule has 2 heterocycles. The quantitative estimate of drug-likeness (QED) is 0.220. The highest BCUT2D eigenvalue weighted by Gasteiger charge is 2.35. The Morgan fingerprint density at radius 2 is 1.69 bits per heavy atom. The number of anilines is 3. The van der Waals surface area contributed by atoms with Gasteiger partial charge in [0.2, 0.25) is 5.95 Å². The fourth-order valence-corrected chi connectivity index (χ4v) is 4.26. The van der Waals surface area contributed by atoms with E-state index >= 15 is 0 Å². The second-order valence-corrected chi connectivity index (χ2v) is 8.92. The normalized spacial score (nSPS) is 17.8. The van der Waals surface area contributed by atoms with Gasteiger partial charge in [0.05, 0.1) is 12.3 Å². The molecule has 1 unspecified atom stereocenters. The van der Waals surface area contributed by atoms with Gasteiger partial charge >= 0.3 is 0 Å². The minimum absolute atomic E-state index is 0.00165. The van der Waals surface area contributed by atoms with Crippen LogP contribution in [0.15, 0.2) is 54.6 Å². The smallest absolute Gasteiger partial charge is 0.222 e. The van der Waals surface area contributed by atoms with Gasteiger partial charge in [-0.3, -0.25) is 0 Å². The lowest BCUT2D eigenvalue weighted by Crippen LogP contribution is -2.31. The Hall–Kier alpha value is -3.52. The van der Waals surface area contributed by atoms with E-state index in [0.29, 0.717) is 36.7 Å². The predicted octanol–water partition coefficient (Wildman–Crippen LogP) is 1.83. The van der Waals surface area contributed by atoms with Gasteiger partial charge in [0.1, 0.15) is 50.2 Å². The van der Waals surface area contributed by atoms with Crippen molar-refractivity contribution in [2.45, 2.75) is 25.0 Å². The van der Waals surface area contributed by atoms with Crippen LogP contribution in [0.3, 0.4) is 0 Å². The van der Waals surface area contributed by atoms with Crippen molar-refractivity contribution in [2.24, 2.45) is 0 Å². The second kappa shape index (κ2) is 14.0. The average Bonchev–Trinajstić information content (AvgIpc) is 3.36. The molecule has 12 nitrogen and oxygen atoms in total. The molecule has 39 heavy (non-hydrogen) atoms. The number of aliphatic hydroxyl groups is 2. The highest BCUT2D eigenvalue weighted by atomic mass is 16.7. The number of ether oxygens (including phenoxy) is 5. The molecule has 3 atom stereocenters. The van der Waals surface area contributed by atoms with Crippen molar-refractivity contribution in [3.8, 4) is 17.0 Å². The summed E-state index contributed by atoms with van der Waals surface area (Å²) in [5.41, 5.74) is 9.07. The van der Waals surface area contributed by atoms with Gasteiger partial charge in [-0.05, 0) is 23.8 Å². The number of nitrogens with zero attached hydrogens (tertiary/aromatic N) is 3. The summed E-state index contributed by atoms with van der Waals surface area (Å²) in [6.07, 6.45) is -1.64. The standard InChI is InChI=1S/C27H35N5O7/c1-35-16-38-23-12-32(13-24(23)39-17-36-2)19-8-9-22(37-15-18-6-4-3-5-7-18)20(10-19)21-11-25(30-26(34)14-33)31-27(28)29-21/h3-11,23-24,26,33-34H,12-17H2,1-2H3,(H3,28,29,30,31)/t23-,24-,26?/m0/s1. The minimum atomic E-state index is -1.20. The van der Waals surface area contributed by atoms with Crippen LogP contribution in [-0.4, -0.2) is 86.1 Å². The molecule has 0 radical (unpaired) electrons. The lowest BCUT2D eigenvalue weighted by Gasteiger charge is -2.21. The van der Waals surface area contributed by atoms with Crippen molar-refractivity contribution in [1.82, 2.24) is 9.97 Å². The van der Waals surface area contributed by atoms with Crippen molar-refractivity contribution in [3.63, 3.8) is 0 Å². The first-order valence-corrected chi connectivity index (χ1v) is 12.5. The third kappa shape index (κ3) is 7.76. The fourth-order valence-electron chi connectivity index (χ4n) is 4.26. The van der Waals surface area contributed by atoms with Crippen LogP contribution in [0.1, 0.15) is 5.56 Å². The molecule has 0 aliphatic carbocycles. The zero-order chi connectivity index (χ0) is 27.6. The Bertz CT molecular complexity index is 1170. The van der Waals surface area contributed by atoms with Crippen LogP contribution in [0.2, 0.25) is 0 Å². The Kier molecular flexibility index (Phi) is 10.3. The molecule has 1 aliphatic rings. The number of aromatic nitrogens is 2. The van der Waals surface area contributed by atoms with E-state index < -0.39 is 12.8 Å². The van der Waals surface area contributed by atoms with Gasteiger partial charge in [-0.15, -0.1) is 0 Å². The second-order valence-electron chi connectivity index (χ2n) is 8.92. The van der Waals surface area contributed by atoms with Crippen molar-refractivity contribution < 1.29 is 33.9 Å². The molecule has 0 saturated carbocycles. The third-order valence-corrected chi connectivity index (χ3v) is 6.09. The molecule has 1 fully saturated rings. The molecule has 1 saturated heterocycles. The highest BCUT2D eigenvalue weighted by molar-refractivity contribution is 5.75. The van der Waals surface area contributed by atoms with Gasteiger partial charge in [-0.2, -0.15) is 4.98 Å². The third-order valence-electron chi connectivity index (χ3n) is 6.09. The summed E-state index contributed by atoms with van der Waals surface area (Å²) in [5.74, 6) is 0.857. The summed E-state index contributed by atoms with van der Waals surface area (Å²) < 4.78 is 28.1. The van der Waals surface area contributed by atoms with E-state index in [9.17, 15) is 10.2 Å². The zero-order valence-corrected chi connectivity index (χ0v) is 22.0. The largest absolute Gasteiger partial charge is 0.488 e. The van der Waals surface area contributed by atoms with Crippen LogP contribution in [0.4, 0.5) is 17.5 Å². The first kappa shape index (κ1) is 28.5. The fraction of sp³-hybridized carbons (Fsp3) is 0.407. The number of nitrogen functional groups attached to an aromatic ring is 1. The molecule has 1 aromatic heterocycles. The summed E-state index contributed by atoms with van der Waals surface area (Å²) in [4.78, 5) is 10.7. The molecule has 1 aliphatic heterocycles. The first-order valence-electron chi connectivity index (χ1n) is 12.5. The van der Waals surface area contributed by atoms with Crippen LogP contribution in [-0.2, 0) is 25.6 Å². The van der Waals surface area contributed by atoms with E-state index in [4.69, 9.17) is 29.4 Å². The predicted molar refractivity (Wildman–Crippen MR) is 145 cm³/mol. The van der Waals surface area contributed by atoms with E-state index in [1.165, 1.54) is 0 Å². The summed E-state index contributed by atoms with van der Waals surface area (Å²) in [6.45, 7) is 1.31. The number of nitrogens with one attached hydrogen (secondary N) is 1. The molecule has 210 valence electrons. The van der Waals surface area contributed by atoms with Gasteiger partial charge < -0.3 is 49.8 Å². The van der Waals surface area contributed by atoms with E-state index in [0.717, 1.165) is 11.3 Å². The lowest BCUT2D eigenvalue weighted by atomic mass is 10.1.